The maximum Gasteiger partial charge on any atom is 0.255 e. The van der Waals surface area contributed by atoms with E-state index >= 15 is 0 Å². The summed E-state index contributed by atoms with van der Waals surface area (Å²) < 4.78 is 0. The van der Waals surface area contributed by atoms with Crippen LogP contribution in [-0.4, -0.2) is 40.9 Å². The molecule has 1 atom stereocenters. The summed E-state index contributed by atoms with van der Waals surface area (Å²) in [4.78, 5) is 31.9. The number of hydrogen-bond acceptors (Lipinski definition) is 5. The highest BCUT2D eigenvalue weighted by molar-refractivity contribution is 5.97. The molecule has 20 heavy (non-hydrogen) atoms. The van der Waals surface area contributed by atoms with E-state index in [1.54, 1.807) is 0 Å². The first kappa shape index (κ1) is 14.2. The lowest BCUT2D eigenvalue weighted by Crippen LogP contribution is -2.45. The highest BCUT2D eigenvalue weighted by atomic mass is 16.2. The molecule has 108 valence electrons. The fourth-order valence-corrected chi connectivity index (χ4v) is 2.01. The molecular formula is C13H19N5O2. The molecule has 0 radical (unpaired) electrons. The Labute approximate surface area is 117 Å². The van der Waals surface area contributed by atoms with Crippen LogP contribution in [0, 0.1) is 0 Å². The maximum atomic E-state index is 12.0. The average Bonchev–Trinajstić information content (AvgIpc) is 2.65. The molecule has 0 unspecified atom stereocenters. The quantitative estimate of drug-likeness (QED) is 0.736. The van der Waals surface area contributed by atoms with Gasteiger partial charge in [-0.25, -0.2) is 9.97 Å². The van der Waals surface area contributed by atoms with Gasteiger partial charge in [-0.05, 0) is 26.2 Å². The molecule has 1 fully saturated rings. The summed E-state index contributed by atoms with van der Waals surface area (Å²) >= 11 is 0. The Hall–Kier alpha value is -2.18. The summed E-state index contributed by atoms with van der Waals surface area (Å²) in [7, 11) is 0. The Morgan fingerprint density at radius 1 is 1.40 bits per heavy atom. The van der Waals surface area contributed by atoms with Gasteiger partial charge in [0.15, 0.2) is 0 Å². The molecule has 2 amide bonds. The lowest BCUT2D eigenvalue weighted by atomic mass is 10.1. The van der Waals surface area contributed by atoms with Gasteiger partial charge in [0.25, 0.3) is 5.91 Å². The predicted octanol–water partition coefficient (Wildman–Crippen LogP) is 0.307. The van der Waals surface area contributed by atoms with Gasteiger partial charge in [0.1, 0.15) is 6.04 Å². The third-order valence-corrected chi connectivity index (χ3v) is 3.09. The number of carbonyl (C=O) groups is 2. The Morgan fingerprint density at radius 3 is 2.85 bits per heavy atom. The standard InChI is InChI=1S/C13H19N5O2/c1-2-14-13-16-7-9(8-17-13)11(19)18-10-5-3-4-6-15-12(10)20/h7-8,10H,2-6H2,1H3,(H,15,20)(H,18,19)(H,14,16,17)/t10-/m1/s1. The predicted molar refractivity (Wildman–Crippen MR) is 74.3 cm³/mol. The highest BCUT2D eigenvalue weighted by Gasteiger charge is 2.23. The molecule has 0 aliphatic carbocycles. The maximum absolute atomic E-state index is 12.0. The van der Waals surface area contributed by atoms with Crippen molar-refractivity contribution in [1.29, 1.82) is 0 Å². The van der Waals surface area contributed by atoms with Crippen LogP contribution in [0.3, 0.4) is 0 Å². The Bertz CT molecular complexity index is 474. The number of amides is 2. The first-order valence-corrected chi connectivity index (χ1v) is 6.85. The zero-order valence-electron chi connectivity index (χ0n) is 11.5. The lowest BCUT2D eigenvalue weighted by Gasteiger charge is -2.14. The zero-order chi connectivity index (χ0) is 14.4. The Morgan fingerprint density at radius 2 is 2.15 bits per heavy atom. The van der Waals surface area contributed by atoms with E-state index in [4.69, 9.17) is 0 Å². The van der Waals surface area contributed by atoms with E-state index < -0.39 is 6.04 Å². The van der Waals surface area contributed by atoms with Crippen molar-refractivity contribution in [2.75, 3.05) is 18.4 Å². The van der Waals surface area contributed by atoms with E-state index in [-0.39, 0.29) is 11.8 Å². The van der Waals surface area contributed by atoms with Gasteiger partial charge in [0.05, 0.1) is 5.56 Å². The largest absolute Gasteiger partial charge is 0.355 e. The van der Waals surface area contributed by atoms with Crippen molar-refractivity contribution in [1.82, 2.24) is 20.6 Å². The number of aromatic nitrogens is 2. The second-order valence-corrected chi connectivity index (χ2v) is 4.64. The van der Waals surface area contributed by atoms with Gasteiger partial charge in [-0.1, -0.05) is 0 Å². The minimum atomic E-state index is -0.474. The molecule has 1 aromatic rings. The van der Waals surface area contributed by atoms with Gasteiger partial charge in [-0.3, -0.25) is 9.59 Å². The molecule has 1 saturated heterocycles. The van der Waals surface area contributed by atoms with Crippen LogP contribution in [0.2, 0.25) is 0 Å². The number of nitrogens with one attached hydrogen (secondary N) is 3. The summed E-state index contributed by atoms with van der Waals surface area (Å²) in [6.45, 7) is 3.33. The third-order valence-electron chi connectivity index (χ3n) is 3.09. The molecule has 0 aromatic carbocycles. The van der Waals surface area contributed by atoms with Crippen molar-refractivity contribution in [2.24, 2.45) is 0 Å². The van der Waals surface area contributed by atoms with Crippen molar-refractivity contribution in [3.63, 3.8) is 0 Å². The van der Waals surface area contributed by atoms with Crippen LogP contribution in [-0.2, 0) is 4.79 Å². The molecule has 0 spiro atoms. The van der Waals surface area contributed by atoms with Gasteiger partial charge in [-0.2, -0.15) is 0 Å². The van der Waals surface area contributed by atoms with E-state index in [0.29, 0.717) is 31.0 Å². The van der Waals surface area contributed by atoms with E-state index in [1.807, 2.05) is 6.92 Å². The topological polar surface area (TPSA) is 96.0 Å². The number of anilines is 1. The summed E-state index contributed by atoms with van der Waals surface area (Å²) in [5, 5.41) is 8.46. The van der Waals surface area contributed by atoms with Gasteiger partial charge in [0, 0.05) is 25.5 Å². The first-order valence-electron chi connectivity index (χ1n) is 6.85. The van der Waals surface area contributed by atoms with Crippen molar-refractivity contribution >= 4 is 17.8 Å². The molecule has 7 nitrogen and oxygen atoms in total. The van der Waals surface area contributed by atoms with Crippen molar-refractivity contribution in [3.8, 4) is 0 Å². The van der Waals surface area contributed by atoms with Crippen molar-refractivity contribution < 1.29 is 9.59 Å². The summed E-state index contributed by atoms with van der Waals surface area (Å²) in [6, 6.07) is -0.474. The van der Waals surface area contributed by atoms with Crippen LogP contribution in [0.1, 0.15) is 36.5 Å². The smallest absolute Gasteiger partial charge is 0.255 e. The van der Waals surface area contributed by atoms with Crippen LogP contribution in [0.25, 0.3) is 0 Å². The molecule has 1 aromatic heterocycles. The Balaban J connectivity index is 1.98. The summed E-state index contributed by atoms with van der Waals surface area (Å²) in [6.07, 6.45) is 5.43. The van der Waals surface area contributed by atoms with E-state index in [9.17, 15) is 9.59 Å². The van der Waals surface area contributed by atoms with Crippen LogP contribution >= 0.6 is 0 Å². The van der Waals surface area contributed by atoms with E-state index in [0.717, 1.165) is 12.8 Å². The van der Waals surface area contributed by atoms with E-state index in [2.05, 4.69) is 25.9 Å². The number of hydrogen-bond donors (Lipinski definition) is 3. The van der Waals surface area contributed by atoms with Crippen LogP contribution in [0.15, 0.2) is 12.4 Å². The minimum absolute atomic E-state index is 0.124. The van der Waals surface area contributed by atoms with Gasteiger partial charge in [0.2, 0.25) is 11.9 Å². The zero-order valence-corrected chi connectivity index (χ0v) is 11.5. The molecule has 2 rings (SSSR count). The van der Waals surface area contributed by atoms with Crippen LogP contribution in [0.5, 0.6) is 0 Å². The molecule has 1 aliphatic rings. The molecule has 1 aliphatic heterocycles. The van der Waals surface area contributed by atoms with Gasteiger partial charge < -0.3 is 16.0 Å². The summed E-state index contributed by atoms with van der Waals surface area (Å²) in [5.41, 5.74) is 0.351. The monoisotopic (exact) mass is 277 g/mol. The fraction of sp³-hybridized carbons (Fsp3) is 0.538. The molecule has 2 heterocycles. The molecule has 0 bridgehead atoms. The SMILES string of the molecule is CCNc1ncc(C(=O)N[C@@H]2CCCCNC2=O)cn1. The van der Waals surface area contributed by atoms with Crippen LogP contribution in [0.4, 0.5) is 5.95 Å². The lowest BCUT2D eigenvalue weighted by molar-refractivity contribution is -0.122. The minimum Gasteiger partial charge on any atom is -0.355 e. The second kappa shape index (κ2) is 6.83. The molecular weight excluding hydrogens is 258 g/mol. The normalized spacial score (nSPS) is 18.9. The highest BCUT2D eigenvalue weighted by Crippen LogP contribution is 2.07. The first-order chi connectivity index (χ1) is 9.70. The van der Waals surface area contributed by atoms with Crippen molar-refractivity contribution in [2.45, 2.75) is 32.2 Å². The number of rotatable bonds is 4. The van der Waals surface area contributed by atoms with Gasteiger partial charge in [-0.15, -0.1) is 0 Å². The van der Waals surface area contributed by atoms with Crippen LogP contribution < -0.4 is 16.0 Å². The fourth-order valence-electron chi connectivity index (χ4n) is 2.01. The van der Waals surface area contributed by atoms with E-state index in [1.165, 1.54) is 12.4 Å². The third kappa shape index (κ3) is 3.66. The second-order valence-electron chi connectivity index (χ2n) is 4.64. The van der Waals surface area contributed by atoms with Gasteiger partial charge >= 0.3 is 0 Å². The molecule has 3 N–H and O–H groups in total. The van der Waals surface area contributed by atoms with Crippen molar-refractivity contribution in [3.05, 3.63) is 18.0 Å². The average molecular weight is 277 g/mol. The summed E-state index contributed by atoms with van der Waals surface area (Å²) in [5.74, 6) is 0.0346. The number of nitrogens with zero attached hydrogens (tertiary/aromatic N) is 2. The number of carbonyl (C=O) groups excluding carboxylic acids is 2. The Kier molecular flexibility index (Phi) is 4.86. The molecule has 7 heteroatoms. The molecule has 0 saturated carbocycles.